The van der Waals surface area contributed by atoms with Crippen LogP contribution in [0, 0.1) is 0 Å². The third kappa shape index (κ3) is 1.46. The molecule has 2 rings (SSSR count). The molecule has 13 heavy (non-hydrogen) atoms. The van der Waals surface area contributed by atoms with Gasteiger partial charge < -0.3 is 4.74 Å². The molecule has 68 valence electrons. The Morgan fingerprint density at radius 3 is 2.77 bits per heavy atom. The van der Waals surface area contributed by atoms with E-state index >= 15 is 0 Å². The molecule has 0 spiro atoms. The van der Waals surface area contributed by atoms with E-state index in [-0.39, 0.29) is 0 Å². The second-order valence-corrected chi connectivity index (χ2v) is 3.44. The number of hydrogen-bond donors (Lipinski definition) is 0. The van der Waals surface area contributed by atoms with Gasteiger partial charge in [0.1, 0.15) is 5.75 Å². The lowest BCUT2D eigenvalue weighted by atomic mass is 10.0. The van der Waals surface area contributed by atoms with E-state index < -0.39 is 0 Å². The monoisotopic (exact) mass is 174 g/mol. The molecular weight excluding hydrogens is 160 g/mol. The van der Waals surface area contributed by atoms with Crippen molar-refractivity contribution in [1.82, 2.24) is 0 Å². The summed E-state index contributed by atoms with van der Waals surface area (Å²) < 4.78 is 5.34. The fourth-order valence-electron chi connectivity index (χ4n) is 1.73. The third-order valence-electron chi connectivity index (χ3n) is 2.53. The number of benzene rings is 1. The fourth-order valence-corrected chi connectivity index (χ4v) is 1.73. The largest absolute Gasteiger partial charge is 0.496 e. The highest BCUT2D eigenvalue weighted by Crippen LogP contribution is 2.46. The van der Waals surface area contributed by atoms with Crippen LogP contribution in [0.5, 0.6) is 5.75 Å². The summed E-state index contributed by atoms with van der Waals surface area (Å²) in [5, 5.41) is 0. The molecule has 1 fully saturated rings. The molecule has 0 amide bonds. The summed E-state index contributed by atoms with van der Waals surface area (Å²) in [6, 6.07) is 6.14. The van der Waals surface area contributed by atoms with Crippen molar-refractivity contribution in [3.63, 3.8) is 0 Å². The predicted molar refractivity (Wildman–Crippen MR) is 55.1 cm³/mol. The van der Waals surface area contributed by atoms with Crippen LogP contribution in [0.2, 0.25) is 0 Å². The molecule has 1 aliphatic carbocycles. The summed E-state index contributed by atoms with van der Waals surface area (Å²) in [6.07, 6.45) is 4.50. The Balaban J connectivity index is 2.50. The summed E-state index contributed by atoms with van der Waals surface area (Å²) in [5.74, 6) is 1.73. The molecule has 0 bridgehead atoms. The van der Waals surface area contributed by atoms with Gasteiger partial charge in [0.05, 0.1) is 7.11 Å². The Morgan fingerprint density at radius 1 is 1.46 bits per heavy atom. The first-order valence-electron chi connectivity index (χ1n) is 4.66. The van der Waals surface area contributed by atoms with Crippen LogP contribution in [-0.4, -0.2) is 7.11 Å². The van der Waals surface area contributed by atoms with Crippen molar-refractivity contribution >= 4 is 6.08 Å². The van der Waals surface area contributed by atoms with Gasteiger partial charge in [-0.05, 0) is 30.4 Å². The maximum atomic E-state index is 5.34. The predicted octanol–water partition coefficient (Wildman–Crippen LogP) is 3.22. The van der Waals surface area contributed by atoms with E-state index in [2.05, 4.69) is 12.6 Å². The minimum absolute atomic E-state index is 0.712. The standard InChI is InChI=1S/C12H14O/c1-3-9-5-4-6-11(13-2)12(9)10-7-8-10/h3-6,10H,1,7-8H2,2H3. The Hall–Kier alpha value is -1.24. The van der Waals surface area contributed by atoms with Gasteiger partial charge in [0, 0.05) is 5.56 Å². The molecule has 1 aromatic carbocycles. The molecule has 1 aliphatic rings. The van der Waals surface area contributed by atoms with E-state index in [1.165, 1.54) is 24.0 Å². The van der Waals surface area contributed by atoms with Crippen molar-refractivity contribution in [2.75, 3.05) is 7.11 Å². The number of methoxy groups -OCH3 is 1. The number of rotatable bonds is 3. The van der Waals surface area contributed by atoms with Gasteiger partial charge in [-0.3, -0.25) is 0 Å². The van der Waals surface area contributed by atoms with Crippen molar-refractivity contribution in [2.24, 2.45) is 0 Å². The molecule has 0 unspecified atom stereocenters. The normalized spacial score (nSPS) is 15.5. The number of hydrogen-bond acceptors (Lipinski definition) is 1. The molecule has 1 saturated carbocycles. The first kappa shape index (κ1) is 8.36. The van der Waals surface area contributed by atoms with Crippen LogP contribution in [0.25, 0.3) is 6.08 Å². The second kappa shape index (κ2) is 3.25. The quantitative estimate of drug-likeness (QED) is 0.683. The molecule has 0 saturated heterocycles. The maximum absolute atomic E-state index is 5.34. The van der Waals surface area contributed by atoms with Crippen LogP contribution < -0.4 is 4.74 Å². The third-order valence-corrected chi connectivity index (χ3v) is 2.53. The molecule has 1 heteroatoms. The van der Waals surface area contributed by atoms with Gasteiger partial charge in [0.2, 0.25) is 0 Å². The highest BCUT2D eigenvalue weighted by atomic mass is 16.5. The molecule has 0 radical (unpaired) electrons. The van der Waals surface area contributed by atoms with Crippen LogP contribution in [0.1, 0.15) is 29.9 Å². The van der Waals surface area contributed by atoms with Gasteiger partial charge >= 0.3 is 0 Å². The Labute approximate surface area is 79.0 Å². The van der Waals surface area contributed by atoms with Crippen LogP contribution >= 0.6 is 0 Å². The molecule has 0 aromatic heterocycles. The molecule has 1 aromatic rings. The second-order valence-electron chi connectivity index (χ2n) is 3.44. The Morgan fingerprint density at radius 2 is 2.23 bits per heavy atom. The highest BCUT2D eigenvalue weighted by molar-refractivity contribution is 5.58. The van der Waals surface area contributed by atoms with Gasteiger partial charge in [-0.15, -0.1) is 0 Å². The average Bonchev–Trinajstić information content (AvgIpc) is 3.00. The van der Waals surface area contributed by atoms with Gasteiger partial charge in [0.15, 0.2) is 0 Å². The minimum Gasteiger partial charge on any atom is -0.496 e. The minimum atomic E-state index is 0.712. The van der Waals surface area contributed by atoms with Crippen molar-refractivity contribution in [3.8, 4) is 5.75 Å². The summed E-state index contributed by atoms with van der Waals surface area (Å²) >= 11 is 0. The lowest BCUT2D eigenvalue weighted by Gasteiger charge is -2.10. The van der Waals surface area contributed by atoms with Gasteiger partial charge in [-0.1, -0.05) is 24.8 Å². The van der Waals surface area contributed by atoms with Gasteiger partial charge in [-0.25, -0.2) is 0 Å². The summed E-state index contributed by atoms with van der Waals surface area (Å²) in [5.41, 5.74) is 2.57. The molecule has 0 aliphatic heterocycles. The van der Waals surface area contributed by atoms with Crippen LogP contribution in [0.15, 0.2) is 24.8 Å². The van der Waals surface area contributed by atoms with Gasteiger partial charge in [-0.2, -0.15) is 0 Å². The first-order valence-corrected chi connectivity index (χ1v) is 4.66. The van der Waals surface area contributed by atoms with Gasteiger partial charge in [0.25, 0.3) is 0 Å². The summed E-state index contributed by atoms with van der Waals surface area (Å²) in [7, 11) is 1.73. The highest BCUT2D eigenvalue weighted by Gasteiger charge is 2.28. The molecular formula is C12H14O. The lowest BCUT2D eigenvalue weighted by molar-refractivity contribution is 0.409. The molecule has 0 heterocycles. The van der Waals surface area contributed by atoms with E-state index in [0.29, 0.717) is 5.92 Å². The Kier molecular flexibility index (Phi) is 2.09. The Bertz CT molecular complexity index is 324. The van der Waals surface area contributed by atoms with Crippen LogP contribution in [0.4, 0.5) is 0 Å². The molecule has 1 nitrogen and oxygen atoms in total. The zero-order valence-electron chi connectivity index (χ0n) is 7.92. The van der Waals surface area contributed by atoms with E-state index in [1.807, 2.05) is 18.2 Å². The fraction of sp³-hybridized carbons (Fsp3) is 0.333. The average molecular weight is 174 g/mol. The van der Waals surface area contributed by atoms with E-state index in [1.54, 1.807) is 7.11 Å². The SMILES string of the molecule is C=Cc1cccc(OC)c1C1CC1. The van der Waals surface area contributed by atoms with E-state index in [9.17, 15) is 0 Å². The first-order chi connectivity index (χ1) is 6.36. The van der Waals surface area contributed by atoms with Crippen LogP contribution in [-0.2, 0) is 0 Å². The number of ether oxygens (including phenoxy) is 1. The smallest absolute Gasteiger partial charge is 0.122 e. The van der Waals surface area contributed by atoms with Crippen molar-refractivity contribution in [3.05, 3.63) is 35.9 Å². The molecule has 0 atom stereocenters. The molecule has 0 N–H and O–H groups in total. The summed E-state index contributed by atoms with van der Waals surface area (Å²) in [6.45, 7) is 3.82. The summed E-state index contributed by atoms with van der Waals surface area (Å²) in [4.78, 5) is 0. The maximum Gasteiger partial charge on any atom is 0.122 e. The van der Waals surface area contributed by atoms with E-state index in [4.69, 9.17) is 4.74 Å². The lowest BCUT2D eigenvalue weighted by Crippen LogP contribution is -1.92. The van der Waals surface area contributed by atoms with Crippen molar-refractivity contribution in [2.45, 2.75) is 18.8 Å². The van der Waals surface area contributed by atoms with Crippen LogP contribution in [0.3, 0.4) is 0 Å². The van der Waals surface area contributed by atoms with Crippen molar-refractivity contribution in [1.29, 1.82) is 0 Å². The topological polar surface area (TPSA) is 9.23 Å². The zero-order valence-corrected chi connectivity index (χ0v) is 7.92. The van der Waals surface area contributed by atoms with E-state index in [0.717, 1.165) is 5.75 Å². The van der Waals surface area contributed by atoms with Crippen molar-refractivity contribution < 1.29 is 4.74 Å². The zero-order chi connectivity index (χ0) is 9.26.